The summed E-state index contributed by atoms with van der Waals surface area (Å²) in [6.45, 7) is -3.96. The summed E-state index contributed by atoms with van der Waals surface area (Å²) in [5.41, 5.74) is 1.88. The number of anilines is 1. The molecule has 4 heterocycles. The average Bonchev–Trinajstić information content (AvgIpc) is 3.54. The normalized spacial score (nSPS) is 15.5. The van der Waals surface area contributed by atoms with E-state index in [1.54, 1.807) is 36.5 Å². The Hall–Kier alpha value is -4.90. The predicted octanol–water partition coefficient (Wildman–Crippen LogP) is 4.60. The molecule has 1 aliphatic rings. The summed E-state index contributed by atoms with van der Waals surface area (Å²) in [4.78, 5) is 18.4. The van der Waals surface area contributed by atoms with Crippen LogP contribution >= 0.6 is 0 Å². The molecule has 0 fully saturated rings. The minimum absolute atomic E-state index is 0.0720. The summed E-state index contributed by atoms with van der Waals surface area (Å²) in [5, 5.41) is 5.19. The van der Waals surface area contributed by atoms with Crippen molar-refractivity contribution in [1.29, 1.82) is 0 Å². The number of nitrogens with zero attached hydrogens (tertiary/aromatic N) is 7. The molecule has 2 aromatic carbocycles. The van der Waals surface area contributed by atoms with Crippen molar-refractivity contribution in [3.8, 4) is 23.5 Å². The second-order valence-corrected chi connectivity index (χ2v) is 8.55. The van der Waals surface area contributed by atoms with Gasteiger partial charge in [-0.15, -0.1) is 0 Å². The Balaban J connectivity index is 1.58. The van der Waals surface area contributed by atoms with E-state index >= 15 is 0 Å². The summed E-state index contributed by atoms with van der Waals surface area (Å²) in [5.74, 6) is 0.962. The predicted molar refractivity (Wildman–Crippen MR) is 140 cm³/mol. The molecular formula is C28H20F3N7O3. The highest BCUT2D eigenvalue weighted by molar-refractivity contribution is 5.79. The van der Waals surface area contributed by atoms with E-state index in [2.05, 4.69) is 37.0 Å². The highest BCUT2D eigenvalue weighted by Crippen LogP contribution is 2.51. The fourth-order valence-corrected chi connectivity index (χ4v) is 4.77. The fraction of sp³-hybridized carbons (Fsp3) is 0.179. The summed E-state index contributed by atoms with van der Waals surface area (Å²) < 4.78 is 59.4. The second-order valence-electron chi connectivity index (χ2n) is 8.55. The summed E-state index contributed by atoms with van der Waals surface area (Å²) in [7, 11) is 0. The van der Waals surface area contributed by atoms with Crippen molar-refractivity contribution in [2.45, 2.75) is 12.1 Å². The zero-order chi connectivity index (χ0) is 28.2. The molecule has 0 spiro atoms. The molecule has 0 aliphatic carbocycles. The SMILES string of the molecule is FCOC1c2ccccc2C(OCF)(OCF)N1c1cnc(-c2ccncn2)nc1C#Cn1ncc2ccccc21. The lowest BCUT2D eigenvalue weighted by Crippen LogP contribution is -2.48. The van der Waals surface area contributed by atoms with Crippen LogP contribution in [0.1, 0.15) is 23.0 Å². The van der Waals surface area contributed by atoms with Gasteiger partial charge in [-0.25, -0.2) is 33.1 Å². The van der Waals surface area contributed by atoms with Crippen LogP contribution in [0.25, 0.3) is 22.4 Å². The molecule has 13 heteroatoms. The number of halogens is 3. The van der Waals surface area contributed by atoms with E-state index in [1.165, 1.54) is 28.3 Å². The Morgan fingerprint density at radius 2 is 1.71 bits per heavy atom. The molecule has 3 aromatic heterocycles. The van der Waals surface area contributed by atoms with Gasteiger partial charge in [-0.3, -0.25) is 14.4 Å². The first-order valence-electron chi connectivity index (χ1n) is 12.2. The zero-order valence-electron chi connectivity index (χ0n) is 21.2. The minimum atomic E-state index is -2.20. The highest BCUT2D eigenvalue weighted by atomic mass is 19.1. The number of alkyl halides is 3. The summed E-state index contributed by atoms with van der Waals surface area (Å²) >= 11 is 0. The third kappa shape index (κ3) is 4.63. The van der Waals surface area contributed by atoms with Gasteiger partial charge in [0.05, 0.1) is 23.6 Å². The number of fused-ring (bicyclic) bond motifs is 2. The van der Waals surface area contributed by atoms with Crippen LogP contribution in [0.15, 0.2) is 79.5 Å². The van der Waals surface area contributed by atoms with Gasteiger partial charge in [-0.2, -0.15) is 9.78 Å². The lowest BCUT2D eigenvalue weighted by atomic mass is 10.1. The maximum absolute atomic E-state index is 13.9. The van der Waals surface area contributed by atoms with Crippen LogP contribution in [0, 0.1) is 12.0 Å². The van der Waals surface area contributed by atoms with Crippen LogP contribution < -0.4 is 4.90 Å². The number of ether oxygens (including phenoxy) is 3. The topological polar surface area (TPSA) is 100 Å². The first-order valence-corrected chi connectivity index (χ1v) is 12.2. The van der Waals surface area contributed by atoms with Crippen LogP contribution in [-0.2, 0) is 20.1 Å². The lowest BCUT2D eigenvalue weighted by Gasteiger charge is -2.40. The van der Waals surface area contributed by atoms with Crippen molar-refractivity contribution >= 4 is 16.6 Å². The number of para-hydroxylation sites is 1. The molecule has 0 saturated heterocycles. The second kappa shape index (κ2) is 11.3. The molecule has 1 aliphatic heterocycles. The third-order valence-electron chi connectivity index (χ3n) is 6.44. The Kier molecular flexibility index (Phi) is 7.26. The van der Waals surface area contributed by atoms with E-state index < -0.39 is 32.7 Å². The van der Waals surface area contributed by atoms with Gasteiger partial charge in [-0.1, -0.05) is 42.5 Å². The maximum atomic E-state index is 13.9. The van der Waals surface area contributed by atoms with Crippen LogP contribution in [0.3, 0.4) is 0 Å². The fourth-order valence-electron chi connectivity index (χ4n) is 4.77. The molecule has 1 atom stereocenters. The molecule has 206 valence electrons. The molecule has 5 aromatic rings. The standard InChI is InChI=1S/C28H20F3N7O3/c29-15-39-27-20-6-2-3-7-21(20)28(40-16-30,41-17-31)38(27)25-14-33-26(23-9-11-32-18-34-23)36-22(25)10-12-37-24-8-4-1-5-19(24)13-35-37/h1-9,11,13-14,18,27H,15-17H2. The monoisotopic (exact) mass is 559 g/mol. The number of rotatable bonds is 8. The van der Waals surface area contributed by atoms with Gasteiger partial charge in [0.1, 0.15) is 17.7 Å². The molecule has 0 bridgehead atoms. The lowest BCUT2D eigenvalue weighted by molar-refractivity contribution is -0.279. The molecular weight excluding hydrogens is 539 g/mol. The first kappa shape index (κ1) is 26.3. The largest absolute Gasteiger partial charge is 0.323 e. The average molecular weight is 560 g/mol. The highest BCUT2D eigenvalue weighted by Gasteiger charge is 2.55. The van der Waals surface area contributed by atoms with Crippen LogP contribution in [-0.4, -0.2) is 50.3 Å². The van der Waals surface area contributed by atoms with Crippen LogP contribution in [0.4, 0.5) is 18.9 Å². The molecule has 41 heavy (non-hydrogen) atoms. The zero-order valence-corrected chi connectivity index (χ0v) is 21.2. The van der Waals surface area contributed by atoms with E-state index in [-0.39, 0.29) is 22.8 Å². The van der Waals surface area contributed by atoms with E-state index in [4.69, 9.17) is 14.2 Å². The summed E-state index contributed by atoms with van der Waals surface area (Å²) in [6, 6.07) is 18.5. The number of hydrogen-bond donors (Lipinski definition) is 0. The van der Waals surface area contributed by atoms with Crippen LogP contribution in [0.2, 0.25) is 0 Å². The van der Waals surface area contributed by atoms with Crippen molar-refractivity contribution in [1.82, 2.24) is 29.7 Å². The first-order chi connectivity index (χ1) is 20.2. The maximum Gasteiger partial charge on any atom is 0.287 e. The van der Waals surface area contributed by atoms with E-state index in [0.29, 0.717) is 11.3 Å². The Morgan fingerprint density at radius 1 is 0.902 bits per heavy atom. The smallest absolute Gasteiger partial charge is 0.287 e. The van der Waals surface area contributed by atoms with E-state index in [0.717, 1.165) is 10.9 Å². The Morgan fingerprint density at radius 3 is 2.49 bits per heavy atom. The van der Waals surface area contributed by atoms with E-state index in [9.17, 15) is 13.2 Å². The van der Waals surface area contributed by atoms with Gasteiger partial charge in [0.2, 0.25) is 0 Å². The minimum Gasteiger partial charge on any atom is -0.323 e. The van der Waals surface area contributed by atoms with Crippen molar-refractivity contribution in [2.24, 2.45) is 0 Å². The third-order valence-corrected chi connectivity index (χ3v) is 6.44. The van der Waals surface area contributed by atoms with Gasteiger partial charge < -0.3 is 4.74 Å². The molecule has 0 radical (unpaired) electrons. The number of benzene rings is 2. The van der Waals surface area contributed by atoms with Gasteiger partial charge in [0.25, 0.3) is 5.91 Å². The van der Waals surface area contributed by atoms with Crippen molar-refractivity contribution in [3.05, 3.63) is 96.3 Å². The van der Waals surface area contributed by atoms with Crippen molar-refractivity contribution < 1.29 is 27.4 Å². The van der Waals surface area contributed by atoms with Gasteiger partial charge in [0, 0.05) is 28.8 Å². The quantitative estimate of drug-likeness (QED) is 0.199. The number of hydrogen-bond acceptors (Lipinski definition) is 9. The molecule has 6 rings (SSSR count). The molecule has 10 nitrogen and oxygen atoms in total. The van der Waals surface area contributed by atoms with Gasteiger partial charge in [-0.05, 0) is 18.1 Å². The van der Waals surface area contributed by atoms with Gasteiger partial charge in [0.15, 0.2) is 32.6 Å². The number of aromatic nitrogens is 6. The Bertz CT molecular complexity index is 1740. The van der Waals surface area contributed by atoms with Gasteiger partial charge >= 0.3 is 0 Å². The van der Waals surface area contributed by atoms with Crippen molar-refractivity contribution in [2.75, 3.05) is 25.5 Å². The Labute approximate surface area is 231 Å². The van der Waals surface area contributed by atoms with E-state index in [1.807, 2.05) is 24.3 Å². The van der Waals surface area contributed by atoms with Crippen LogP contribution in [0.5, 0.6) is 0 Å². The molecule has 0 N–H and O–H groups in total. The molecule has 0 amide bonds. The summed E-state index contributed by atoms with van der Waals surface area (Å²) in [6.07, 6.45) is 4.64. The van der Waals surface area contributed by atoms with Crippen molar-refractivity contribution in [3.63, 3.8) is 0 Å². The molecule has 1 unspecified atom stereocenters. The molecule has 0 saturated carbocycles.